The lowest BCUT2D eigenvalue weighted by Gasteiger charge is -2.12. The molecule has 1 saturated heterocycles. The van der Waals surface area contributed by atoms with E-state index in [9.17, 15) is 14.4 Å². The maximum atomic E-state index is 11.0. The Balaban J connectivity index is 2.26. The number of primary amides is 1. The van der Waals surface area contributed by atoms with E-state index in [-0.39, 0.29) is 37.0 Å². The average Bonchev–Trinajstić information content (AvgIpc) is 2.29. The van der Waals surface area contributed by atoms with Crippen LogP contribution in [-0.4, -0.2) is 35.6 Å². The topological polar surface area (TPSA) is 80.5 Å². The van der Waals surface area contributed by atoms with Crippen LogP contribution in [0.15, 0.2) is 0 Å². The molecule has 1 fully saturated rings. The molecular weight excluding hydrogens is 172 g/mol. The lowest BCUT2D eigenvalue weighted by molar-refractivity contribution is -0.128. The van der Waals surface area contributed by atoms with Crippen LogP contribution < -0.4 is 5.73 Å². The monoisotopic (exact) mass is 184 g/mol. The van der Waals surface area contributed by atoms with Crippen LogP contribution in [0.3, 0.4) is 0 Å². The molecule has 0 bridgehead atoms. The van der Waals surface area contributed by atoms with Gasteiger partial charge in [-0.3, -0.25) is 14.4 Å². The highest BCUT2D eigenvalue weighted by molar-refractivity contribution is 6.05. The van der Waals surface area contributed by atoms with Crippen molar-refractivity contribution in [1.82, 2.24) is 4.90 Å². The smallest absolute Gasteiger partial charge is 0.230 e. The van der Waals surface area contributed by atoms with Gasteiger partial charge in [-0.1, -0.05) is 0 Å². The van der Waals surface area contributed by atoms with Crippen molar-refractivity contribution in [3.8, 4) is 0 Å². The number of nitrogens with two attached hydrogens (primary N) is 1. The minimum absolute atomic E-state index is 0.0105. The van der Waals surface area contributed by atoms with Gasteiger partial charge in [0.2, 0.25) is 11.8 Å². The molecule has 0 unspecified atom stereocenters. The van der Waals surface area contributed by atoms with Gasteiger partial charge in [0, 0.05) is 13.0 Å². The molecule has 5 heteroatoms. The highest BCUT2D eigenvalue weighted by Crippen LogP contribution is 2.07. The molecule has 0 aromatic heterocycles. The quantitative estimate of drug-likeness (QED) is 0.572. The standard InChI is InChI=1S/C8H12N2O3/c9-7(12)2-1-3-10-5-6(11)4-8(10)13/h1-5H2,(H2,9,12). The van der Waals surface area contributed by atoms with Crippen LogP contribution in [0.2, 0.25) is 0 Å². The van der Waals surface area contributed by atoms with Gasteiger partial charge in [0.05, 0.1) is 13.0 Å². The van der Waals surface area contributed by atoms with E-state index in [1.807, 2.05) is 0 Å². The molecule has 0 aliphatic carbocycles. The third-order valence-electron chi connectivity index (χ3n) is 1.92. The lowest BCUT2D eigenvalue weighted by atomic mass is 10.3. The van der Waals surface area contributed by atoms with Crippen molar-refractivity contribution < 1.29 is 14.4 Å². The summed E-state index contributed by atoms with van der Waals surface area (Å²) in [4.78, 5) is 33.7. The lowest BCUT2D eigenvalue weighted by Crippen LogP contribution is -2.27. The van der Waals surface area contributed by atoms with Gasteiger partial charge in [-0.05, 0) is 6.42 Å². The van der Waals surface area contributed by atoms with E-state index in [1.54, 1.807) is 0 Å². The number of rotatable bonds is 4. The molecule has 0 spiro atoms. The first kappa shape index (κ1) is 9.70. The summed E-state index contributed by atoms with van der Waals surface area (Å²) in [6.07, 6.45) is 0.808. The second kappa shape index (κ2) is 4.02. The molecule has 1 rings (SSSR count). The first-order valence-electron chi connectivity index (χ1n) is 4.17. The Hall–Kier alpha value is -1.39. The van der Waals surface area contributed by atoms with Gasteiger partial charge in [-0.2, -0.15) is 0 Å². The number of carbonyl (C=O) groups is 3. The molecule has 2 N–H and O–H groups in total. The zero-order valence-corrected chi connectivity index (χ0v) is 7.28. The minimum atomic E-state index is -0.377. The number of likely N-dealkylation sites (tertiary alicyclic amines) is 1. The fourth-order valence-electron chi connectivity index (χ4n) is 1.29. The summed E-state index contributed by atoms with van der Waals surface area (Å²) in [7, 11) is 0. The summed E-state index contributed by atoms with van der Waals surface area (Å²) < 4.78 is 0. The zero-order valence-electron chi connectivity index (χ0n) is 7.28. The Kier molecular flexibility index (Phi) is 3.00. The molecule has 72 valence electrons. The normalized spacial score (nSPS) is 16.8. The Morgan fingerprint density at radius 2 is 2.15 bits per heavy atom. The van der Waals surface area contributed by atoms with Gasteiger partial charge >= 0.3 is 0 Å². The van der Waals surface area contributed by atoms with Crippen molar-refractivity contribution in [2.45, 2.75) is 19.3 Å². The van der Waals surface area contributed by atoms with Gasteiger partial charge in [0.15, 0.2) is 5.78 Å². The van der Waals surface area contributed by atoms with Crippen LogP contribution in [0.1, 0.15) is 19.3 Å². The summed E-state index contributed by atoms with van der Waals surface area (Å²) in [6, 6.07) is 0. The van der Waals surface area contributed by atoms with Crippen molar-refractivity contribution >= 4 is 17.6 Å². The van der Waals surface area contributed by atoms with Crippen molar-refractivity contribution in [3.05, 3.63) is 0 Å². The fourth-order valence-corrected chi connectivity index (χ4v) is 1.29. The first-order chi connectivity index (χ1) is 6.09. The van der Waals surface area contributed by atoms with E-state index >= 15 is 0 Å². The Morgan fingerprint density at radius 3 is 2.62 bits per heavy atom. The number of ketones is 1. The van der Waals surface area contributed by atoms with Gasteiger partial charge < -0.3 is 10.6 Å². The summed E-state index contributed by atoms with van der Waals surface area (Å²) >= 11 is 0. The van der Waals surface area contributed by atoms with E-state index in [4.69, 9.17) is 5.73 Å². The highest BCUT2D eigenvalue weighted by Gasteiger charge is 2.26. The Morgan fingerprint density at radius 1 is 1.46 bits per heavy atom. The molecule has 0 atom stereocenters. The SMILES string of the molecule is NC(=O)CCCN1CC(=O)CC1=O. The van der Waals surface area contributed by atoms with E-state index in [1.165, 1.54) is 4.90 Å². The first-order valence-corrected chi connectivity index (χ1v) is 4.17. The molecule has 2 amide bonds. The van der Waals surface area contributed by atoms with E-state index < -0.39 is 0 Å². The van der Waals surface area contributed by atoms with Gasteiger partial charge in [0.25, 0.3) is 0 Å². The molecule has 0 aromatic rings. The molecule has 5 nitrogen and oxygen atoms in total. The van der Waals surface area contributed by atoms with Crippen molar-refractivity contribution in [2.24, 2.45) is 5.73 Å². The van der Waals surface area contributed by atoms with Crippen LogP contribution in [0.4, 0.5) is 0 Å². The molecule has 1 aliphatic rings. The summed E-state index contributed by atoms with van der Waals surface area (Å²) in [5, 5.41) is 0. The largest absolute Gasteiger partial charge is 0.370 e. The van der Waals surface area contributed by atoms with Gasteiger partial charge in [0.1, 0.15) is 0 Å². The minimum Gasteiger partial charge on any atom is -0.370 e. The number of Topliss-reactive ketones (excluding diaryl/α,β-unsaturated/α-hetero) is 1. The summed E-state index contributed by atoms with van der Waals surface area (Å²) in [5.74, 6) is -0.573. The van der Waals surface area contributed by atoms with Crippen molar-refractivity contribution in [3.63, 3.8) is 0 Å². The molecule has 0 radical (unpaired) electrons. The van der Waals surface area contributed by atoms with Crippen LogP contribution in [0.25, 0.3) is 0 Å². The fraction of sp³-hybridized carbons (Fsp3) is 0.625. The van der Waals surface area contributed by atoms with Gasteiger partial charge in [-0.25, -0.2) is 0 Å². The second-order valence-corrected chi connectivity index (χ2v) is 3.10. The molecule has 0 saturated carbocycles. The number of nitrogens with zero attached hydrogens (tertiary/aromatic N) is 1. The molecular formula is C8H12N2O3. The zero-order chi connectivity index (χ0) is 9.84. The van der Waals surface area contributed by atoms with Crippen LogP contribution in [0.5, 0.6) is 0 Å². The predicted octanol–water partition coefficient (Wildman–Crippen LogP) is -0.947. The van der Waals surface area contributed by atoms with Crippen molar-refractivity contribution in [1.29, 1.82) is 0 Å². The number of hydrogen-bond acceptors (Lipinski definition) is 3. The number of hydrogen-bond donors (Lipinski definition) is 1. The summed E-state index contributed by atoms with van der Waals surface area (Å²) in [5.41, 5.74) is 4.93. The summed E-state index contributed by atoms with van der Waals surface area (Å²) in [6.45, 7) is 0.644. The van der Waals surface area contributed by atoms with Crippen molar-refractivity contribution in [2.75, 3.05) is 13.1 Å². The predicted molar refractivity (Wildman–Crippen MR) is 44.6 cm³/mol. The van der Waals surface area contributed by atoms with E-state index in [0.29, 0.717) is 13.0 Å². The number of carbonyl (C=O) groups excluding carboxylic acids is 3. The van der Waals surface area contributed by atoms with E-state index in [0.717, 1.165) is 0 Å². The second-order valence-electron chi connectivity index (χ2n) is 3.10. The Bertz CT molecular complexity index is 250. The maximum Gasteiger partial charge on any atom is 0.230 e. The molecule has 1 heterocycles. The maximum absolute atomic E-state index is 11.0. The number of amides is 2. The average molecular weight is 184 g/mol. The van der Waals surface area contributed by atoms with Crippen LogP contribution in [-0.2, 0) is 14.4 Å². The van der Waals surface area contributed by atoms with Crippen LogP contribution in [0, 0.1) is 0 Å². The molecule has 13 heavy (non-hydrogen) atoms. The van der Waals surface area contributed by atoms with Gasteiger partial charge in [-0.15, -0.1) is 0 Å². The van der Waals surface area contributed by atoms with E-state index in [2.05, 4.69) is 0 Å². The molecule has 1 aliphatic heterocycles. The third-order valence-corrected chi connectivity index (χ3v) is 1.92. The highest BCUT2D eigenvalue weighted by atomic mass is 16.2. The molecule has 0 aromatic carbocycles. The van der Waals surface area contributed by atoms with Crippen LogP contribution >= 0.6 is 0 Å². The third kappa shape index (κ3) is 2.85. The Labute approximate surface area is 75.9 Å².